The summed E-state index contributed by atoms with van der Waals surface area (Å²) in [6.07, 6.45) is 0.640. The summed E-state index contributed by atoms with van der Waals surface area (Å²) in [4.78, 5) is 8.18. The van der Waals surface area contributed by atoms with Crippen molar-refractivity contribution >= 4 is 0 Å². The molecular formula is C11H16N2O4. The second-order valence-corrected chi connectivity index (χ2v) is 4.05. The lowest BCUT2D eigenvalue weighted by Gasteiger charge is -2.13. The molecule has 0 saturated carbocycles. The number of aromatic nitrogens is 2. The highest BCUT2D eigenvalue weighted by molar-refractivity contribution is 5.22. The number of hydrogen-bond acceptors (Lipinski definition) is 6. The first kappa shape index (κ1) is 12.2. The highest BCUT2D eigenvalue weighted by Crippen LogP contribution is 2.33. The van der Waals surface area contributed by atoms with Gasteiger partial charge in [0.2, 0.25) is 0 Å². The maximum atomic E-state index is 9.66. The Morgan fingerprint density at radius 3 is 2.88 bits per heavy atom. The van der Waals surface area contributed by atoms with Crippen LogP contribution < -0.4 is 4.74 Å². The molecule has 94 valence electrons. The third-order valence-corrected chi connectivity index (χ3v) is 2.93. The predicted octanol–water partition coefficient (Wildman–Crippen LogP) is -0.0232. The number of ether oxygens (including phenoxy) is 2. The van der Waals surface area contributed by atoms with E-state index in [1.165, 1.54) is 7.11 Å². The molecule has 6 heteroatoms. The molecule has 0 spiro atoms. The third-order valence-electron chi connectivity index (χ3n) is 2.93. The van der Waals surface area contributed by atoms with Crippen molar-refractivity contribution in [3.05, 3.63) is 17.5 Å². The van der Waals surface area contributed by atoms with E-state index in [4.69, 9.17) is 14.6 Å². The van der Waals surface area contributed by atoms with Gasteiger partial charge < -0.3 is 19.7 Å². The maximum Gasteiger partial charge on any atom is 0.316 e. The van der Waals surface area contributed by atoms with Crippen LogP contribution in [-0.4, -0.2) is 46.1 Å². The van der Waals surface area contributed by atoms with E-state index >= 15 is 0 Å². The fourth-order valence-electron chi connectivity index (χ4n) is 1.96. The molecule has 2 N–H and O–H groups in total. The van der Waals surface area contributed by atoms with Crippen molar-refractivity contribution in [3.8, 4) is 6.01 Å². The van der Waals surface area contributed by atoms with Crippen LogP contribution in [0.15, 0.2) is 6.20 Å². The van der Waals surface area contributed by atoms with Gasteiger partial charge in [-0.25, -0.2) is 9.97 Å². The summed E-state index contributed by atoms with van der Waals surface area (Å²) in [6, 6.07) is 0.309. The van der Waals surface area contributed by atoms with Gasteiger partial charge in [-0.15, -0.1) is 0 Å². The lowest BCUT2D eigenvalue weighted by Crippen LogP contribution is -2.24. The van der Waals surface area contributed by atoms with Crippen molar-refractivity contribution < 1.29 is 19.7 Å². The van der Waals surface area contributed by atoms with Gasteiger partial charge in [0.05, 0.1) is 31.6 Å². The van der Waals surface area contributed by atoms with Crippen molar-refractivity contribution in [2.45, 2.75) is 31.7 Å². The summed E-state index contributed by atoms with van der Waals surface area (Å²) < 4.78 is 10.5. The van der Waals surface area contributed by atoms with Gasteiger partial charge in [0.25, 0.3) is 0 Å². The molecule has 6 nitrogen and oxygen atoms in total. The lowest BCUT2D eigenvalue weighted by atomic mass is 10.1. The van der Waals surface area contributed by atoms with Crippen LogP contribution >= 0.6 is 0 Å². The molecule has 2 heterocycles. The van der Waals surface area contributed by atoms with Crippen LogP contribution in [0.2, 0.25) is 0 Å². The van der Waals surface area contributed by atoms with E-state index in [1.54, 1.807) is 6.20 Å². The molecule has 0 aromatic carbocycles. The highest BCUT2D eigenvalue weighted by Gasteiger charge is 2.35. The van der Waals surface area contributed by atoms with E-state index in [2.05, 4.69) is 9.97 Å². The van der Waals surface area contributed by atoms with Gasteiger partial charge in [-0.2, -0.15) is 0 Å². The summed E-state index contributed by atoms with van der Waals surface area (Å²) in [5.74, 6) is 0. The average Bonchev–Trinajstić information content (AvgIpc) is 2.70. The summed E-state index contributed by atoms with van der Waals surface area (Å²) in [5.41, 5.74) is 1.58. The van der Waals surface area contributed by atoms with Crippen molar-refractivity contribution in [1.29, 1.82) is 0 Å². The van der Waals surface area contributed by atoms with E-state index in [1.807, 2.05) is 6.92 Å². The number of rotatable bonds is 3. The molecule has 1 saturated heterocycles. The number of methoxy groups -OCH3 is 1. The molecule has 0 unspecified atom stereocenters. The topological polar surface area (TPSA) is 84.7 Å². The normalized spacial score (nSPS) is 28.4. The SMILES string of the molecule is COc1ncc([C@H]2C[C@H](O)[C@@H](CO)O2)c(C)n1. The predicted molar refractivity (Wildman–Crippen MR) is 58.6 cm³/mol. The fraction of sp³-hybridized carbons (Fsp3) is 0.636. The summed E-state index contributed by atoms with van der Waals surface area (Å²) in [7, 11) is 1.51. The molecule has 0 aliphatic carbocycles. The second-order valence-electron chi connectivity index (χ2n) is 4.05. The fourth-order valence-corrected chi connectivity index (χ4v) is 1.96. The van der Waals surface area contributed by atoms with Gasteiger partial charge >= 0.3 is 6.01 Å². The summed E-state index contributed by atoms with van der Waals surface area (Å²) in [5, 5.41) is 18.7. The van der Waals surface area contributed by atoms with Crippen LogP contribution in [0.3, 0.4) is 0 Å². The Hall–Kier alpha value is -1.24. The number of aliphatic hydroxyl groups is 2. The van der Waals surface area contributed by atoms with Crippen LogP contribution in [0.1, 0.15) is 23.8 Å². The molecular weight excluding hydrogens is 224 g/mol. The zero-order valence-electron chi connectivity index (χ0n) is 9.83. The zero-order chi connectivity index (χ0) is 12.4. The second kappa shape index (κ2) is 4.95. The number of hydrogen-bond donors (Lipinski definition) is 2. The van der Waals surface area contributed by atoms with Crippen molar-refractivity contribution in [3.63, 3.8) is 0 Å². The molecule has 1 aliphatic rings. The average molecular weight is 240 g/mol. The molecule has 2 rings (SSSR count). The van der Waals surface area contributed by atoms with Crippen molar-refractivity contribution in [2.75, 3.05) is 13.7 Å². The van der Waals surface area contributed by atoms with Crippen LogP contribution in [0, 0.1) is 6.92 Å². The molecule has 1 aromatic heterocycles. The monoisotopic (exact) mass is 240 g/mol. The molecule has 1 aliphatic heterocycles. The van der Waals surface area contributed by atoms with Crippen LogP contribution in [0.4, 0.5) is 0 Å². The molecule has 3 atom stereocenters. The molecule has 1 fully saturated rings. The quantitative estimate of drug-likeness (QED) is 0.772. The van der Waals surface area contributed by atoms with Crippen LogP contribution in [-0.2, 0) is 4.74 Å². The largest absolute Gasteiger partial charge is 0.467 e. The van der Waals surface area contributed by atoms with E-state index in [-0.39, 0.29) is 12.7 Å². The number of nitrogens with zero attached hydrogens (tertiary/aromatic N) is 2. The number of aryl methyl sites for hydroxylation is 1. The Kier molecular flexibility index (Phi) is 3.56. The summed E-state index contributed by atoms with van der Waals surface area (Å²) in [6.45, 7) is 1.65. The van der Waals surface area contributed by atoms with Gasteiger partial charge in [0.15, 0.2) is 0 Å². The van der Waals surface area contributed by atoms with E-state index in [0.717, 1.165) is 11.3 Å². The first-order valence-electron chi connectivity index (χ1n) is 5.47. The Bertz CT molecular complexity index is 399. The van der Waals surface area contributed by atoms with Crippen molar-refractivity contribution in [2.24, 2.45) is 0 Å². The lowest BCUT2D eigenvalue weighted by molar-refractivity contribution is -0.0229. The van der Waals surface area contributed by atoms with Gasteiger partial charge in [-0.1, -0.05) is 0 Å². The minimum absolute atomic E-state index is 0.187. The zero-order valence-corrected chi connectivity index (χ0v) is 9.83. The summed E-state index contributed by atoms with van der Waals surface area (Å²) >= 11 is 0. The highest BCUT2D eigenvalue weighted by atomic mass is 16.5. The van der Waals surface area contributed by atoms with E-state index in [9.17, 15) is 5.11 Å². The smallest absolute Gasteiger partial charge is 0.316 e. The van der Waals surface area contributed by atoms with E-state index < -0.39 is 12.2 Å². The van der Waals surface area contributed by atoms with Crippen molar-refractivity contribution in [1.82, 2.24) is 9.97 Å². The Morgan fingerprint density at radius 2 is 2.35 bits per heavy atom. The minimum Gasteiger partial charge on any atom is -0.467 e. The van der Waals surface area contributed by atoms with Gasteiger partial charge in [0, 0.05) is 18.2 Å². The molecule has 0 radical (unpaired) electrons. The molecule has 1 aromatic rings. The van der Waals surface area contributed by atoms with Crippen LogP contribution in [0.25, 0.3) is 0 Å². The third kappa shape index (κ3) is 2.38. The van der Waals surface area contributed by atoms with Gasteiger partial charge in [0.1, 0.15) is 6.10 Å². The first-order valence-corrected chi connectivity index (χ1v) is 5.47. The molecule has 17 heavy (non-hydrogen) atoms. The maximum absolute atomic E-state index is 9.66. The molecule has 0 bridgehead atoms. The van der Waals surface area contributed by atoms with Crippen LogP contribution in [0.5, 0.6) is 6.01 Å². The Balaban J connectivity index is 2.18. The molecule has 0 amide bonds. The van der Waals surface area contributed by atoms with E-state index in [0.29, 0.717) is 12.4 Å². The Morgan fingerprint density at radius 1 is 1.59 bits per heavy atom. The van der Waals surface area contributed by atoms with Gasteiger partial charge in [-0.05, 0) is 6.92 Å². The minimum atomic E-state index is -0.647. The van der Waals surface area contributed by atoms with Gasteiger partial charge in [-0.3, -0.25) is 0 Å². The number of aliphatic hydroxyl groups excluding tert-OH is 2. The Labute approximate surface area is 99.2 Å². The first-order chi connectivity index (χ1) is 8.15. The standard InChI is InChI=1S/C11H16N2O4/c1-6-7(4-12-11(13-6)16-2)9-3-8(15)10(5-14)17-9/h4,8-10,14-15H,3,5H2,1-2H3/t8-,9+,10+/m0/s1.